The number of thiophene rings is 1. The van der Waals surface area contributed by atoms with Gasteiger partial charge in [0, 0.05) is 6.54 Å². The lowest BCUT2D eigenvalue weighted by atomic mass is 10.3. The molecular formula is C12H14N2O3S2. The maximum Gasteiger partial charge on any atom is 0.240 e. The van der Waals surface area contributed by atoms with E-state index in [-0.39, 0.29) is 11.4 Å². The third-order valence-electron chi connectivity index (χ3n) is 2.56. The standard InChI is InChI=1S/C12H14N2O3S2/c1-17-12-3-2-10(6-11(12)13)19(15,16)14-7-9-4-5-18-8-9/h2-6,8,14H,7,13H2,1H3. The Balaban J connectivity index is 2.17. The van der Waals surface area contributed by atoms with E-state index in [1.165, 1.54) is 36.6 Å². The van der Waals surface area contributed by atoms with E-state index in [1.807, 2.05) is 16.8 Å². The fourth-order valence-corrected chi connectivity index (χ4v) is 3.26. The van der Waals surface area contributed by atoms with Crippen molar-refractivity contribution in [1.29, 1.82) is 0 Å². The molecule has 0 unspecified atom stereocenters. The predicted octanol–water partition coefficient (Wildman–Crippen LogP) is 1.82. The number of anilines is 1. The van der Waals surface area contributed by atoms with Crippen molar-refractivity contribution < 1.29 is 13.2 Å². The van der Waals surface area contributed by atoms with Gasteiger partial charge in [0.05, 0.1) is 17.7 Å². The molecule has 0 amide bonds. The fraction of sp³-hybridized carbons (Fsp3) is 0.167. The van der Waals surface area contributed by atoms with Gasteiger partial charge in [-0.3, -0.25) is 0 Å². The first-order chi connectivity index (χ1) is 9.03. The van der Waals surface area contributed by atoms with Gasteiger partial charge in [-0.15, -0.1) is 0 Å². The average molecular weight is 298 g/mol. The number of nitrogen functional groups attached to an aromatic ring is 1. The van der Waals surface area contributed by atoms with Crippen LogP contribution in [0.5, 0.6) is 5.75 Å². The van der Waals surface area contributed by atoms with E-state index in [0.717, 1.165) is 5.56 Å². The lowest BCUT2D eigenvalue weighted by molar-refractivity contribution is 0.416. The van der Waals surface area contributed by atoms with Gasteiger partial charge in [-0.25, -0.2) is 13.1 Å². The van der Waals surface area contributed by atoms with Gasteiger partial charge in [0.25, 0.3) is 0 Å². The maximum absolute atomic E-state index is 12.1. The summed E-state index contributed by atoms with van der Waals surface area (Å²) < 4.78 is 31.7. The largest absolute Gasteiger partial charge is 0.495 e. The van der Waals surface area contributed by atoms with Crippen molar-refractivity contribution in [2.45, 2.75) is 11.4 Å². The maximum atomic E-state index is 12.1. The number of nitrogens with two attached hydrogens (primary N) is 1. The predicted molar refractivity (Wildman–Crippen MR) is 75.8 cm³/mol. The zero-order valence-corrected chi connectivity index (χ0v) is 11.9. The summed E-state index contributed by atoms with van der Waals surface area (Å²) >= 11 is 1.52. The molecule has 1 aromatic heterocycles. The number of nitrogens with one attached hydrogen (secondary N) is 1. The topological polar surface area (TPSA) is 81.4 Å². The highest BCUT2D eigenvalue weighted by Gasteiger charge is 2.15. The average Bonchev–Trinajstić information content (AvgIpc) is 2.89. The Labute approximate surface area is 116 Å². The van der Waals surface area contributed by atoms with Crippen LogP contribution < -0.4 is 15.2 Å². The van der Waals surface area contributed by atoms with E-state index >= 15 is 0 Å². The molecule has 0 radical (unpaired) electrons. The first kappa shape index (κ1) is 13.9. The fourth-order valence-electron chi connectivity index (χ4n) is 1.53. The summed E-state index contributed by atoms with van der Waals surface area (Å²) in [4.78, 5) is 0.126. The van der Waals surface area contributed by atoms with Gasteiger partial charge in [0.1, 0.15) is 5.75 Å². The molecule has 0 aliphatic carbocycles. The highest BCUT2D eigenvalue weighted by atomic mass is 32.2. The summed E-state index contributed by atoms with van der Waals surface area (Å²) in [5, 5.41) is 3.79. The van der Waals surface area contributed by atoms with Crippen LogP contribution in [-0.4, -0.2) is 15.5 Å². The Kier molecular flexibility index (Phi) is 4.08. The van der Waals surface area contributed by atoms with Gasteiger partial charge in [-0.1, -0.05) is 0 Å². The van der Waals surface area contributed by atoms with Crippen LogP contribution in [0.2, 0.25) is 0 Å². The minimum atomic E-state index is -3.56. The van der Waals surface area contributed by atoms with Gasteiger partial charge in [-0.2, -0.15) is 11.3 Å². The van der Waals surface area contributed by atoms with Crippen LogP contribution >= 0.6 is 11.3 Å². The number of hydrogen-bond acceptors (Lipinski definition) is 5. The van der Waals surface area contributed by atoms with Crippen molar-refractivity contribution in [3.05, 3.63) is 40.6 Å². The zero-order valence-electron chi connectivity index (χ0n) is 10.3. The number of benzene rings is 1. The molecule has 0 spiro atoms. The highest BCUT2D eigenvalue weighted by Crippen LogP contribution is 2.24. The van der Waals surface area contributed by atoms with E-state index in [0.29, 0.717) is 11.4 Å². The number of ether oxygens (including phenoxy) is 1. The Morgan fingerprint density at radius 2 is 2.16 bits per heavy atom. The van der Waals surface area contributed by atoms with E-state index in [9.17, 15) is 8.42 Å². The molecule has 0 fully saturated rings. The van der Waals surface area contributed by atoms with Crippen molar-refractivity contribution in [3.8, 4) is 5.75 Å². The molecule has 2 aromatic rings. The summed E-state index contributed by atoms with van der Waals surface area (Å²) in [6, 6.07) is 6.25. The molecule has 5 nitrogen and oxygen atoms in total. The second-order valence-electron chi connectivity index (χ2n) is 3.86. The van der Waals surface area contributed by atoms with Crippen LogP contribution in [0.4, 0.5) is 5.69 Å². The molecule has 2 rings (SSSR count). The Morgan fingerprint density at radius 3 is 2.74 bits per heavy atom. The van der Waals surface area contributed by atoms with Crippen LogP contribution in [0, 0.1) is 0 Å². The smallest absolute Gasteiger partial charge is 0.240 e. The second-order valence-corrected chi connectivity index (χ2v) is 6.41. The monoisotopic (exact) mass is 298 g/mol. The van der Waals surface area contributed by atoms with E-state index in [1.54, 1.807) is 0 Å². The molecule has 19 heavy (non-hydrogen) atoms. The van der Waals surface area contributed by atoms with Crippen molar-refractivity contribution in [3.63, 3.8) is 0 Å². The molecular weight excluding hydrogens is 284 g/mol. The number of rotatable bonds is 5. The van der Waals surface area contributed by atoms with Gasteiger partial charge in [0.15, 0.2) is 0 Å². The molecule has 0 saturated carbocycles. The second kappa shape index (κ2) is 5.60. The van der Waals surface area contributed by atoms with Crippen molar-refractivity contribution in [1.82, 2.24) is 4.72 Å². The Bertz CT molecular complexity index is 652. The van der Waals surface area contributed by atoms with Crippen LogP contribution in [0.1, 0.15) is 5.56 Å². The van der Waals surface area contributed by atoms with Crippen molar-refractivity contribution in [2.75, 3.05) is 12.8 Å². The molecule has 0 bridgehead atoms. The Hall–Kier alpha value is -1.57. The molecule has 0 atom stereocenters. The third-order valence-corrected chi connectivity index (χ3v) is 4.69. The molecule has 102 valence electrons. The van der Waals surface area contributed by atoms with Crippen LogP contribution in [0.15, 0.2) is 39.9 Å². The molecule has 0 saturated heterocycles. The van der Waals surface area contributed by atoms with E-state index in [2.05, 4.69) is 4.72 Å². The third kappa shape index (κ3) is 3.25. The van der Waals surface area contributed by atoms with Gasteiger partial charge in [-0.05, 0) is 40.6 Å². The summed E-state index contributed by atoms with van der Waals surface area (Å²) in [5.41, 5.74) is 6.92. The van der Waals surface area contributed by atoms with Crippen LogP contribution in [0.25, 0.3) is 0 Å². The van der Waals surface area contributed by atoms with E-state index in [4.69, 9.17) is 10.5 Å². The first-order valence-electron chi connectivity index (χ1n) is 5.47. The first-order valence-corrected chi connectivity index (χ1v) is 7.90. The van der Waals surface area contributed by atoms with Crippen molar-refractivity contribution >= 4 is 27.0 Å². The summed E-state index contributed by atoms with van der Waals surface area (Å²) in [7, 11) is -2.08. The quantitative estimate of drug-likeness (QED) is 0.825. The zero-order chi connectivity index (χ0) is 13.9. The molecule has 0 aliphatic rings. The molecule has 7 heteroatoms. The van der Waals surface area contributed by atoms with Gasteiger partial charge in [0.2, 0.25) is 10.0 Å². The van der Waals surface area contributed by atoms with Crippen LogP contribution in [-0.2, 0) is 16.6 Å². The molecule has 1 heterocycles. The Morgan fingerprint density at radius 1 is 1.37 bits per heavy atom. The molecule has 0 aliphatic heterocycles. The lowest BCUT2D eigenvalue weighted by Gasteiger charge is -2.09. The summed E-state index contributed by atoms with van der Waals surface area (Å²) in [6.07, 6.45) is 0. The molecule has 3 N–H and O–H groups in total. The van der Waals surface area contributed by atoms with E-state index < -0.39 is 10.0 Å². The SMILES string of the molecule is COc1ccc(S(=O)(=O)NCc2ccsc2)cc1N. The summed E-state index contributed by atoms with van der Waals surface area (Å²) in [6.45, 7) is 0.262. The molecule has 1 aromatic carbocycles. The summed E-state index contributed by atoms with van der Waals surface area (Å²) in [5.74, 6) is 0.455. The number of methoxy groups -OCH3 is 1. The number of hydrogen-bond donors (Lipinski definition) is 2. The van der Waals surface area contributed by atoms with Gasteiger partial charge < -0.3 is 10.5 Å². The highest BCUT2D eigenvalue weighted by molar-refractivity contribution is 7.89. The minimum absolute atomic E-state index is 0.126. The van der Waals surface area contributed by atoms with Crippen LogP contribution in [0.3, 0.4) is 0 Å². The lowest BCUT2D eigenvalue weighted by Crippen LogP contribution is -2.23. The van der Waals surface area contributed by atoms with Gasteiger partial charge >= 0.3 is 0 Å². The minimum Gasteiger partial charge on any atom is -0.495 e. The number of sulfonamides is 1. The normalized spacial score (nSPS) is 11.4. The van der Waals surface area contributed by atoms with Crippen molar-refractivity contribution in [2.24, 2.45) is 0 Å².